The summed E-state index contributed by atoms with van der Waals surface area (Å²) in [5.41, 5.74) is 3.86. The highest BCUT2D eigenvalue weighted by Crippen LogP contribution is 2.31. The Balaban J connectivity index is 2.32. The predicted octanol–water partition coefficient (Wildman–Crippen LogP) is 3.23. The van der Waals surface area contributed by atoms with Gasteiger partial charge >= 0.3 is 0 Å². The Morgan fingerprint density at radius 1 is 1.18 bits per heavy atom. The molecule has 1 aromatic rings. The van der Waals surface area contributed by atoms with Crippen molar-refractivity contribution in [2.75, 3.05) is 6.61 Å². The van der Waals surface area contributed by atoms with Crippen LogP contribution in [-0.4, -0.2) is 12.4 Å². The zero-order valence-corrected chi connectivity index (χ0v) is 10.7. The van der Waals surface area contributed by atoms with Gasteiger partial charge < -0.3 is 4.74 Å². The van der Waals surface area contributed by atoms with Gasteiger partial charge in [-0.1, -0.05) is 24.1 Å². The smallest absolute Gasteiger partial charge is 0.167 e. The minimum atomic E-state index is 0.0829. The Morgan fingerprint density at radius 3 is 2.29 bits per heavy atom. The number of ketones is 1. The Hall–Kier alpha value is -1.31. The SMILES string of the molecule is CC(=O)COc1c2cc(C)cc1CCCCC2. The van der Waals surface area contributed by atoms with Crippen LogP contribution in [0.5, 0.6) is 5.75 Å². The molecule has 1 aliphatic rings. The van der Waals surface area contributed by atoms with Gasteiger partial charge in [0.25, 0.3) is 0 Å². The van der Waals surface area contributed by atoms with Gasteiger partial charge in [-0.25, -0.2) is 0 Å². The summed E-state index contributed by atoms with van der Waals surface area (Å²) in [6.07, 6.45) is 5.87. The fourth-order valence-corrected chi connectivity index (χ4v) is 2.47. The Kier molecular flexibility index (Phi) is 3.82. The van der Waals surface area contributed by atoms with E-state index in [0.29, 0.717) is 0 Å². The second-order valence-electron chi connectivity index (χ2n) is 4.96. The van der Waals surface area contributed by atoms with Gasteiger partial charge in [-0.2, -0.15) is 0 Å². The summed E-state index contributed by atoms with van der Waals surface area (Å²) in [5, 5.41) is 0. The number of hydrogen-bond donors (Lipinski definition) is 0. The van der Waals surface area contributed by atoms with Gasteiger partial charge in [-0.3, -0.25) is 4.79 Å². The van der Waals surface area contributed by atoms with Crippen molar-refractivity contribution in [1.82, 2.24) is 0 Å². The second kappa shape index (κ2) is 5.35. The molecule has 17 heavy (non-hydrogen) atoms. The third kappa shape index (κ3) is 3.09. The maximum Gasteiger partial charge on any atom is 0.167 e. The van der Waals surface area contributed by atoms with E-state index >= 15 is 0 Å². The zero-order chi connectivity index (χ0) is 12.3. The van der Waals surface area contributed by atoms with E-state index in [1.807, 2.05) is 0 Å². The molecule has 2 nitrogen and oxygen atoms in total. The van der Waals surface area contributed by atoms with Gasteiger partial charge in [-0.05, 0) is 50.7 Å². The quantitative estimate of drug-likeness (QED) is 0.799. The number of hydrogen-bond acceptors (Lipinski definition) is 2. The third-order valence-corrected chi connectivity index (χ3v) is 3.20. The molecule has 92 valence electrons. The van der Waals surface area contributed by atoms with Crippen molar-refractivity contribution in [3.05, 3.63) is 28.8 Å². The summed E-state index contributed by atoms with van der Waals surface area (Å²) >= 11 is 0. The number of rotatable bonds is 3. The van der Waals surface area contributed by atoms with E-state index in [9.17, 15) is 4.79 Å². The zero-order valence-electron chi connectivity index (χ0n) is 10.7. The topological polar surface area (TPSA) is 26.3 Å². The molecular weight excluding hydrogens is 212 g/mol. The first-order valence-corrected chi connectivity index (χ1v) is 6.41. The first-order chi connectivity index (χ1) is 8.16. The van der Waals surface area contributed by atoms with Gasteiger partial charge in [0, 0.05) is 0 Å². The van der Waals surface area contributed by atoms with Crippen LogP contribution in [-0.2, 0) is 17.6 Å². The van der Waals surface area contributed by atoms with Crippen molar-refractivity contribution in [2.24, 2.45) is 0 Å². The largest absolute Gasteiger partial charge is 0.485 e. The highest BCUT2D eigenvalue weighted by atomic mass is 16.5. The second-order valence-corrected chi connectivity index (χ2v) is 4.96. The number of carbonyl (C=O) groups excluding carboxylic acids is 1. The van der Waals surface area contributed by atoms with Gasteiger partial charge in [0.15, 0.2) is 5.78 Å². The maximum atomic E-state index is 11.0. The van der Waals surface area contributed by atoms with Gasteiger partial charge in [0.1, 0.15) is 12.4 Å². The van der Waals surface area contributed by atoms with Crippen LogP contribution in [0.4, 0.5) is 0 Å². The van der Waals surface area contributed by atoms with Crippen LogP contribution in [0, 0.1) is 6.92 Å². The highest BCUT2D eigenvalue weighted by molar-refractivity contribution is 5.77. The molecule has 0 saturated heterocycles. The van der Waals surface area contributed by atoms with Gasteiger partial charge in [-0.15, -0.1) is 0 Å². The Labute approximate surface area is 103 Å². The molecule has 0 amide bonds. The fourth-order valence-electron chi connectivity index (χ4n) is 2.47. The molecule has 2 bridgehead atoms. The summed E-state index contributed by atoms with van der Waals surface area (Å²) in [6.45, 7) is 3.89. The van der Waals surface area contributed by atoms with Crippen molar-refractivity contribution < 1.29 is 9.53 Å². The van der Waals surface area contributed by atoms with Crippen molar-refractivity contribution >= 4 is 5.78 Å². The summed E-state index contributed by atoms with van der Waals surface area (Å²) in [4.78, 5) is 11.0. The van der Waals surface area contributed by atoms with Crippen molar-refractivity contribution in [3.8, 4) is 5.75 Å². The lowest BCUT2D eigenvalue weighted by atomic mass is 9.93. The number of Topliss-reactive ketones (excluding diaryl/α,β-unsaturated/α-hetero) is 1. The Bertz CT molecular complexity index is 394. The molecule has 1 aromatic carbocycles. The van der Waals surface area contributed by atoms with Crippen LogP contribution in [0.3, 0.4) is 0 Å². The van der Waals surface area contributed by atoms with E-state index in [4.69, 9.17) is 4.74 Å². The lowest BCUT2D eigenvalue weighted by molar-refractivity contribution is -0.118. The van der Waals surface area contributed by atoms with Crippen LogP contribution in [0.25, 0.3) is 0 Å². The predicted molar refractivity (Wildman–Crippen MR) is 68.6 cm³/mol. The van der Waals surface area contributed by atoms with E-state index < -0.39 is 0 Å². The molecule has 0 spiro atoms. The molecule has 2 heteroatoms. The monoisotopic (exact) mass is 232 g/mol. The van der Waals surface area contributed by atoms with Crippen LogP contribution >= 0.6 is 0 Å². The van der Waals surface area contributed by atoms with Crippen molar-refractivity contribution in [1.29, 1.82) is 0 Å². The third-order valence-electron chi connectivity index (χ3n) is 3.20. The molecule has 0 unspecified atom stereocenters. The van der Waals surface area contributed by atoms with Gasteiger partial charge in [0.2, 0.25) is 0 Å². The highest BCUT2D eigenvalue weighted by Gasteiger charge is 2.14. The van der Waals surface area contributed by atoms with Crippen molar-refractivity contribution in [3.63, 3.8) is 0 Å². The average Bonchev–Trinajstić information content (AvgIpc) is 2.25. The first-order valence-electron chi connectivity index (χ1n) is 6.41. The molecule has 0 atom stereocenters. The molecule has 0 fully saturated rings. The van der Waals surface area contributed by atoms with Crippen LogP contribution in [0.15, 0.2) is 12.1 Å². The minimum absolute atomic E-state index is 0.0829. The molecule has 1 aliphatic carbocycles. The summed E-state index contributed by atoms with van der Waals surface area (Å²) in [6, 6.07) is 4.40. The normalized spacial score (nSPS) is 14.9. The van der Waals surface area contributed by atoms with E-state index in [-0.39, 0.29) is 12.4 Å². The van der Waals surface area contributed by atoms with E-state index in [1.54, 1.807) is 6.92 Å². The molecule has 0 radical (unpaired) electrons. The van der Waals surface area contributed by atoms with E-state index in [2.05, 4.69) is 19.1 Å². The van der Waals surface area contributed by atoms with Crippen LogP contribution in [0.1, 0.15) is 42.9 Å². The Morgan fingerprint density at radius 2 is 1.76 bits per heavy atom. The molecule has 0 N–H and O–H groups in total. The molecule has 0 aromatic heterocycles. The maximum absolute atomic E-state index is 11.0. The summed E-state index contributed by atoms with van der Waals surface area (Å²) < 4.78 is 5.71. The fraction of sp³-hybridized carbons (Fsp3) is 0.533. The van der Waals surface area contributed by atoms with Gasteiger partial charge in [0.05, 0.1) is 0 Å². The molecule has 0 aliphatic heterocycles. The minimum Gasteiger partial charge on any atom is -0.485 e. The van der Waals surface area contributed by atoms with E-state index in [1.165, 1.54) is 36.0 Å². The van der Waals surface area contributed by atoms with E-state index in [0.717, 1.165) is 18.6 Å². The number of aryl methyl sites for hydroxylation is 3. The van der Waals surface area contributed by atoms with Crippen molar-refractivity contribution in [2.45, 2.75) is 46.0 Å². The number of fused-ring (bicyclic) bond motifs is 2. The summed E-state index contributed by atoms with van der Waals surface area (Å²) in [7, 11) is 0. The standard InChI is InChI=1S/C15H20O2/c1-11-8-13-6-4-3-5-7-14(9-11)15(13)17-10-12(2)16/h8-9H,3-7,10H2,1-2H3. The lowest BCUT2D eigenvalue weighted by Crippen LogP contribution is -2.11. The lowest BCUT2D eigenvalue weighted by Gasteiger charge is -2.19. The number of carbonyl (C=O) groups is 1. The average molecular weight is 232 g/mol. The van der Waals surface area contributed by atoms with Crippen LogP contribution in [0.2, 0.25) is 0 Å². The molecule has 0 saturated carbocycles. The first kappa shape index (κ1) is 12.2. The number of ether oxygens (including phenoxy) is 1. The summed E-state index contributed by atoms with van der Waals surface area (Å²) in [5.74, 6) is 1.06. The molecule has 2 rings (SSSR count). The number of benzene rings is 1. The molecule has 0 heterocycles. The molecular formula is C15H20O2. The van der Waals surface area contributed by atoms with Crippen LogP contribution < -0.4 is 4.74 Å².